The minimum atomic E-state index is -0.287. The Morgan fingerprint density at radius 1 is 1.04 bits per heavy atom. The van der Waals surface area contributed by atoms with E-state index in [1.54, 1.807) is 43.6 Å². The molecule has 0 spiro atoms. The van der Waals surface area contributed by atoms with Crippen molar-refractivity contribution in [2.45, 2.75) is 13.5 Å². The fourth-order valence-electron chi connectivity index (χ4n) is 2.24. The molecule has 0 aliphatic carbocycles. The second-order valence-electron chi connectivity index (χ2n) is 5.48. The number of pyridine rings is 1. The first-order valence-electron chi connectivity index (χ1n) is 7.76. The van der Waals surface area contributed by atoms with Gasteiger partial charge in [-0.25, -0.2) is 9.97 Å². The van der Waals surface area contributed by atoms with Crippen molar-refractivity contribution in [1.82, 2.24) is 20.3 Å². The lowest BCUT2D eigenvalue weighted by Crippen LogP contribution is -2.24. The zero-order chi connectivity index (χ0) is 18.5. The van der Waals surface area contributed by atoms with Crippen LogP contribution in [0.5, 0.6) is 0 Å². The standard InChI is InChI=1S/C18H15Cl2N5O/c1-11-23-16(18(26)22-10-12-4-6-21-7-5-12)9-17(24-11)25-13-2-3-14(19)15(20)8-13/h2-9H,10H2,1H3,(H,22,26)(H,23,24,25). The molecule has 0 radical (unpaired) electrons. The van der Waals surface area contributed by atoms with E-state index in [9.17, 15) is 4.79 Å². The van der Waals surface area contributed by atoms with Crippen LogP contribution in [-0.2, 0) is 6.54 Å². The van der Waals surface area contributed by atoms with Crippen molar-refractivity contribution in [2.24, 2.45) is 0 Å². The molecular weight excluding hydrogens is 373 g/mol. The van der Waals surface area contributed by atoms with E-state index in [1.165, 1.54) is 0 Å². The quantitative estimate of drug-likeness (QED) is 0.686. The predicted octanol–water partition coefficient (Wildman–Crippen LogP) is 4.16. The highest BCUT2D eigenvalue weighted by Gasteiger charge is 2.11. The van der Waals surface area contributed by atoms with E-state index in [2.05, 4.69) is 25.6 Å². The monoisotopic (exact) mass is 387 g/mol. The number of rotatable bonds is 5. The summed E-state index contributed by atoms with van der Waals surface area (Å²) >= 11 is 11.9. The predicted molar refractivity (Wildman–Crippen MR) is 102 cm³/mol. The summed E-state index contributed by atoms with van der Waals surface area (Å²) in [6.45, 7) is 2.11. The lowest BCUT2D eigenvalue weighted by molar-refractivity contribution is 0.0945. The molecule has 132 valence electrons. The summed E-state index contributed by atoms with van der Waals surface area (Å²) in [4.78, 5) is 24.8. The van der Waals surface area contributed by atoms with Gasteiger partial charge in [-0.05, 0) is 42.8 Å². The Hall–Kier alpha value is -2.70. The van der Waals surface area contributed by atoms with Crippen molar-refractivity contribution in [3.63, 3.8) is 0 Å². The molecule has 1 aromatic carbocycles. The van der Waals surface area contributed by atoms with Gasteiger partial charge in [-0.1, -0.05) is 23.2 Å². The number of halogens is 2. The zero-order valence-corrected chi connectivity index (χ0v) is 15.3. The van der Waals surface area contributed by atoms with E-state index in [1.807, 2.05) is 12.1 Å². The highest BCUT2D eigenvalue weighted by Crippen LogP contribution is 2.26. The highest BCUT2D eigenvalue weighted by molar-refractivity contribution is 6.42. The molecule has 0 unspecified atom stereocenters. The molecule has 1 amide bonds. The largest absolute Gasteiger partial charge is 0.347 e. The van der Waals surface area contributed by atoms with Gasteiger partial charge >= 0.3 is 0 Å². The van der Waals surface area contributed by atoms with E-state index in [0.29, 0.717) is 33.9 Å². The lowest BCUT2D eigenvalue weighted by Gasteiger charge is -2.10. The van der Waals surface area contributed by atoms with E-state index in [0.717, 1.165) is 5.56 Å². The topological polar surface area (TPSA) is 79.8 Å². The van der Waals surface area contributed by atoms with Crippen LogP contribution in [0.3, 0.4) is 0 Å². The Morgan fingerprint density at radius 3 is 2.54 bits per heavy atom. The van der Waals surface area contributed by atoms with Crippen LogP contribution in [0, 0.1) is 6.92 Å². The summed E-state index contributed by atoms with van der Waals surface area (Å²) in [6, 6.07) is 10.4. The van der Waals surface area contributed by atoms with E-state index < -0.39 is 0 Å². The summed E-state index contributed by atoms with van der Waals surface area (Å²) in [5, 5.41) is 6.82. The summed E-state index contributed by atoms with van der Waals surface area (Å²) in [5.74, 6) is 0.679. The lowest BCUT2D eigenvalue weighted by atomic mass is 10.2. The molecule has 0 aliphatic rings. The van der Waals surface area contributed by atoms with E-state index >= 15 is 0 Å². The number of anilines is 2. The SMILES string of the molecule is Cc1nc(Nc2ccc(Cl)c(Cl)c2)cc(C(=O)NCc2ccncc2)n1. The third-order valence-electron chi connectivity index (χ3n) is 3.47. The maximum atomic E-state index is 12.4. The molecular formula is C18H15Cl2N5O. The Balaban J connectivity index is 1.74. The van der Waals surface area contributed by atoms with Crippen LogP contribution in [0.2, 0.25) is 10.0 Å². The first-order chi connectivity index (χ1) is 12.5. The van der Waals surface area contributed by atoms with Gasteiger partial charge in [-0.3, -0.25) is 9.78 Å². The average Bonchev–Trinajstić information content (AvgIpc) is 2.63. The van der Waals surface area contributed by atoms with Crippen LogP contribution in [0.15, 0.2) is 48.8 Å². The number of nitrogens with one attached hydrogen (secondary N) is 2. The van der Waals surface area contributed by atoms with E-state index in [-0.39, 0.29) is 11.6 Å². The highest BCUT2D eigenvalue weighted by atomic mass is 35.5. The number of hydrogen-bond donors (Lipinski definition) is 2. The Morgan fingerprint density at radius 2 is 1.81 bits per heavy atom. The van der Waals surface area contributed by atoms with Gasteiger partial charge in [0.2, 0.25) is 0 Å². The van der Waals surface area contributed by atoms with Gasteiger partial charge in [-0.2, -0.15) is 0 Å². The molecule has 0 bridgehead atoms. The smallest absolute Gasteiger partial charge is 0.270 e. The van der Waals surface area contributed by atoms with Crippen LogP contribution in [-0.4, -0.2) is 20.9 Å². The number of carbonyl (C=O) groups is 1. The molecule has 2 aromatic heterocycles. The van der Waals surface area contributed by atoms with Gasteiger partial charge < -0.3 is 10.6 Å². The van der Waals surface area contributed by atoms with Gasteiger partial charge in [-0.15, -0.1) is 0 Å². The fourth-order valence-corrected chi connectivity index (χ4v) is 2.54. The molecule has 0 fully saturated rings. The molecule has 0 atom stereocenters. The summed E-state index contributed by atoms with van der Waals surface area (Å²) < 4.78 is 0. The number of nitrogens with zero attached hydrogens (tertiary/aromatic N) is 3. The molecule has 3 rings (SSSR count). The van der Waals surface area contributed by atoms with E-state index in [4.69, 9.17) is 23.2 Å². The van der Waals surface area contributed by atoms with Crippen molar-refractivity contribution in [2.75, 3.05) is 5.32 Å². The Labute approximate surface area is 160 Å². The number of hydrogen-bond acceptors (Lipinski definition) is 5. The summed E-state index contributed by atoms with van der Waals surface area (Å²) in [7, 11) is 0. The van der Waals surface area contributed by atoms with Crippen molar-refractivity contribution in [3.8, 4) is 0 Å². The maximum Gasteiger partial charge on any atom is 0.270 e. The average molecular weight is 388 g/mol. The third-order valence-corrected chi connectivity index (χ3v) is 4.20. The minimum Gasteiger partial charge on any atom is -0.347 e. The molecule has 0 saturated carbocycles. The van der Waals surface area contributed by atoms with Gasteiger partial charge in [0.05, 0.1) is 10.0 Å². The molecule has 2 heterocycles. The van der Waals surface area contributed by atoms with Crippen LogP contribution < -0.4 is 10.6 Å². The van der Waals surface area contributed by atoms with Crippen LogP contribution >= 0.6 is 23.2 Å². The molecule has 6 nitrogen and oxygen atoms in total. The molecule has 3 aromatic rings. The van der Waals surface area contributed by atoms with Crippen LogP contribution in [0.25, 0.3) is 0 Å². The number of amides is 1. The summed E-state index contributed by atoms with van der Waals surface area (Å²) in [6.07, 6.45) is 3.35. The minimum absolute atomic E-state index is 0.272. The number of aromatic nitrogens is 3. The first kappa shape index (κ1) is 18.1. The van der Waals surface area contributed by atoms with Crippen molar-refractivity contribution in [3.05, 3.63) is 75.9 Å². The second kappa shape index (κ2) is 8.12. The maximum absolute atomic E-state index is 12.4. The normalized spacial score (nSPS) is 10.4. The molecule has 0 aliphatic heterocycles. The number of benzene rings is 1. The third kappa shape index (κ3) is 4.68. The Bertz CT molecular complexity index is 934. The van der Waals surface area contributed by atoms with Crippen LogP contribution in [0.4, 0.5) is 11.5 Å². The zero-order valence-electron chi connectivity index (χ0n) is 13.8. The Kier molecular flexibility index (Phi) is 5.65. The second-order valence-corrected chi connectivity index (χ2v) is 6.29. The number of aryl methyl sites for hydroxylation is 1. The van der Waals surface area contributed by atoms with Gasteiger partial charge in [0.25, 0.3) is 5.91 Å². The molecule has 0 saturated heterocycles. The van der Waals surface area contributed by atoms with Crippen molar-refractivity contribution in [1.29, 1.82) is 0 Å². The molecule has 2 N–H and O–H groups in total. The van der Waals surface area contributed by atoms with Gasteiger partial charge in [0.15, 0.2) is 0 Å². The number of carbonyl (C=O) groups excluding carboxylic acids is 1. The first-order valence-corrected chi connectivity index (χ1v) is 8.52. The fraction of sp³-hybridized carbons (Fsp3) is 0.111. The summed E-state index contributed by atoms with van der Waals surface area (Å²) in [5.41, 5.74) is 1.93. The molecule has 26 heavy (non-hydrogen) atoms. The van der Waals surface area contributed by atoms with Gasteiger partial charge in [0.1, 0.15) is 17.3 Å². The van der Waals surface area contributed by atoms with Crippen LogP contribution in [0.1, 0.15) is 21.9 Å². The van der Waals surface area contributed by atoms with Gasteiger partial charge in [0, 0.05) is 30.7 Å². The van der Waals surface area contributed by atoms with Crippen molar-refractivity contribution >= 4 is 40.6 Å². The van der Waals surface area contributed by atoms with Crippen molar-refractivity contribution < 1.29 is 4.79 Å². The molecule has 8 heteroatoms.